The third-order valence-electron chi connectivity index (χ3n) is 4.08. The maximum atomic E-state index is 6.45. The first kappa shape index (κ1) is 12.9. The second kappa shape index (κ2) is 5.88. The van der Waals surface area contributed by atoms with Crippen LogP contribution in [-0.2, 0) is 0 Å². The van der Waals surface area contributed by atoms with E-state index in [1.807, 2.05) is 12.1 Å². The molecule has 0 aromatic heterocycles. The number of nitrogens with two attached hydrogens (primary N) is 1. The van der Waals surface area contributed by atoms with Crippen LogP contribution in [0.25, 0.3) is 0 Å². The van der Waals surface area contributed by atoms with E-state index in [2.05, 4.69) is 13.0 Å². The number of hydrogen-bond acceptors (Lipinski definition) is 1. The minimum atomic E-state index is 0.159. The van der Waals surface area contributed by atoms with Gasteiger partial charge in [0.2, 0.25) is 0 Å². The summed E-state index contributed by atoms with van der Waals surface area (Å²) in [6.45, 7) is 2.08. The van der Waals surface area contributed by atoms with Crippen LogP contribution >= 0.6 is 11.6 Å². The Kier molecular flexibility index (Phi) is 4.47. The van der Waals surface area contributed by atoms with Crippen LogP contribution in [0.3, 0.4) is 0 Å². The Morgan fingerprint density at radius 1 is 1.18 bits per heavy atom. The van der Waals surface area contributed by atoms with Gasteiger partial charge < -0.3 is 5.73 Å². The third kappa shape index (κ3) is 3.02. The third-order valence-corrected chi connectivity index (χ3v) is 4.49. The van der Waals surface area contributed by atoms with Gasteiger partial charge in [0.15, 0.2) is 0 Å². The molecule has 0 amide bonds. The van der Waals surface area contributed by atoms with Crippen LogP contribution in [0.2, 0.25) is 5.02 Å². The van der Waals surface area contributed by atoms with Crippen LogP contribution in [0.5, 0.6) is 0 Å². The average Bonchev–Trinajstić information content (AvgIpc) is 2.60. The molecule has 1 nitrogen and oxygen atoms in total. The molecule has 0 heterocycles. The van der Waals surface area contributed by atoms with Gasteiger partial charge in [-0.05, 0) is 42.9 Å². The van der Waals surface area contributed by atoms with Crippen LogP contribution in [-0.4, -0.2) is 0 Å². The first-order chi connectivity index (χ1) is 8.20. The van der Waals surface area contributed by atoms with Gasteiger partial charge in [-0.15, -0.1) is 0 Å². The van der Waals surface area contributed by atoms with Crippen LogP contribution in [0.15, 0.2) is 18.2 Å². The lowest BCUT2D eigenvalue weighted by atomic mass is 9.86. The lowest BCUT2D eigenvalue weighted by Gasteiger charge is -2.24. The maximum Gasteiger partial charge on any atom is 0.0438 e. The van der Waals surface area contributed by atoms with Gasteiger partial charge in [0.1, 0.15) is 0 Å². The first-order valence-corrected chi connectivity index (χ1v) is 7.08. The van der Waals surface area contributed by atoms with Crippen molar-refractivity contribution in [2.24, 2.45) is 11.7 Å². The van der Waals surface area contributed by atoms with E-state index in [0.29, 0.717) is 5.92 Å². The fourth-order valence-electron chi connectivity index (χ4n) is 2.91. The summed E-state index contributed by atoms with van der Waals surface area (Å²) in [4.78, 5) is 0. The van der Waals surface area contributed by atoms with E-state index in [4.69, 9.17) is 17.3 Å². The number of rotatable bonds is 2. The summed E-state index contributed by atoms with van der Waals surface area (Å²) in [5.41, 5.74) is 8.85. The molecule has 2 N–H and O–H groups in total. The van der Waals surface area contributed by atoms with Gasteiger partial charge in [0.25, 0.3) is 0 Å². The fraction of sp³-hybridized carbons (Fsp3) is 0.600. The van der Waals surface area contributed by atoms with Gasteiger partial charge in [-0.2, -0.15) is 0 Å². The summed E-state index contributed by atoms with van der Waals surface area (Å²) < 4.78 is 0. The summed E-state index contributed by atoms with van der Waals surface area (Å²) >= 11 is 6.17. The second-order valence-electron chi connectivity index (χ2n) is 5.23. The van der Waals surface area contributed by atoms with Crippen molar-refractivity contribution in [3.05, 3.63) is 34.3 Å². The molecular formula is C15H22ClN. The van der Waals surface area contributed by atoms with Gasteiger partial charge in [0, 0.05) is 11.1 Å². The summed E-state index contributed by atoms with van der Waals surface area (Å²) in [6, 6.07) is 6.25. The molecule has 0 bridgehead atoms. The molecular weight excluding hydrogens is 230 g/mol. The Morgan fingerprint density at radius 3 is 2.47 bits per heavy atom. The molecule has 1 aromatic rings. The van der Waals surface area contributed by atoms with Gasteiger partial charge in [0.05, 0.1) is 0 Å². The summed E-state index contributed by atoms with van der Waals surface area (Å²) in [6.07, 6.45) is 7.95. The maximum absolute atomic E-state index is 6.45. The Labute approximate surface area is 109 Å². The molecule has 1 unspecified atom stereocenters. The molecule has 1 aliphatic rings. The number of halogens is 1. The SMILES string of the molecule is Cc1c(Cl)cccc1C(N)C1CCCCCC1. The van der Waals surface area contributed by atoms with E-state index in [1.54, 1.807) is 0 Å². The van der Waals surface area contributed by atoms with Gasteiger partial charge in [-0.3, -0.25) is 0 Å². The smallest absolute Gasteiger partial charge is 0.0438 e. The predicted molar refractivity (Wildman–Crippen MR) is 74.3 cm³/mol. The molecule has 0 saturated heterocycles. The largest absolute Gasteiger partial charge is 0.324 e. The quantitative estimate of drug-likeness (QED) is 0.763. The normalized spacial score (nSPS) is 19.9. The zero-order valence-corrected chi connectivity index (χ0v) is 11.3. The lowest BCUT2D eigenvalue weighted by molar-refractivity contribution is 0.381. The van der Waals surface area contributed by atoms with E-state index in [0.717, 1.165) is 10.6 Å². The highest BCUT2D eigenvalue weighted by Crippen LogP contribution is 2.34. The Bertz CT molecular complexity index is 367. The zero-order valence-electron chi connectivity index (χ0n) is 10.6. The first-order valence-electron chi connectivity index (χ1n) is 6.70. The molecule has 1 saturated carbocycles. The van der Waals surface area contributed by atoms with Crippen molar-refractivity contribution in [3.63, 3.8) is 0 Å². The highest BCUT2D eigenvalue weighted by molar-refractivity contribution is 6.31. The van der Waals surface area contributed by atoms with Gasteiger partial charge >= 0.3 is 0 Å². The summed E-state index contributed by atoms with van der Waals surface area (Å²) in [5.74, 6) is 0.634. The van der Waals surface area contributed by atoms with Gasteiger partial charge in [-0.25, -0.2) is 0 Å². The van der Waals surface area contributed by atoms with E-state index in [9.17, 15) is 0 Å². The summed E-state index contributed by atoms with van der Waals surface area (Å²) in [5, 5.41) is 0.839. The molecule has 0 aliphatic heterocycles. The molecule has 1 fully saturated rings. The van der Waals surface area contributed by atoms with Crippen LogP contribution in [0, 0.1) is 12.8 Å². The average molecular weight is 252 g/mol. The van der Waals surface area contributed by atoms with Crippen molar-refractivity contribution in [2.45, 2.75) is 51.5 Å². The van der Waals surface area contributed by atoms with Crippen molar-refractivity contribution < 1.29 is 0 Å². The summed E-state index contributed by atoms with van der Waals surface area (Å²) in [7, 11) is 0. The topological polar surface area (TPSA) is 26.0 Å². The standard InChI is InChI=1S/C15H22ClN/c1-11-13(9-6-10-14(11)16)15(17)12-7-4-2-3-5-8-12/h6,9-10,12,15H,2-5,7-8,17H2,1H3. The van der Waals surface area contributed by atoms with E-state index in [-0.39, 0.29) is 6.04 Å². The lowest BCUT2D eigenvalue weighted by Crippen LogP contribution is -2.22. The molecule has 1 atom stereocenters. The van der Waals surface area contributed by atoms with Crippen molar-refractivity contribution in [1.82, 2.24) is 0 Å². The van der Waals surface area contributed by atoms with Gasteiger partial charge in [-0.1, -0.05) is 49.4 Å². The van der Waals surface area contributed by atoms with Crippen molar-refractivity contribution in [1.29, 1.82) is 0 Å². The molecule has 0 spiro atoms. The highest BCUT2D eigenvalue weighted by Gasteiger charge is 2.22. The van der Waals surface area contributed by atoms with Crippen molar-refractivity contribution in [2.75, 3.05) is 0 Å². The molecule has 0 radical (unpaired) electrons. The molecule has 2 rings (SSSR count). The fourth-order valence-corrected chi connectivity index (χ4v) is 3.09. The molecule has 17 heavy (non-hydrogen) atoms. The van der Waals surface area contributed by atoms with Crippen LogP contribution < -0.4 is 5.73 Å². The Balaban J connectivity index is 2.17. The Morgan fingerprint density at radius 2 is 1.82 bits per heavy atom. The van der Waals surface area contributed by atoms with Crippen LogP contribution in [0.1, 0.15) is 55.7 Å². The molecule has 2 heteroatoms. The highest BCUT2D eigenvalue weighted by atomic mass is 35.5. The van der Waals surface area contributed by atoms with Crippen molar-refractivity contribution >= 4 is 11.6 Å². The number of benzene rings is 1. The second-order valence-corrected chi connectivity index (χ2v) is 5.64. The van der Waals surface area contributed by atoms with E-state index < -0.39 is 0 Å². The van der Waals surface area contributed by atoms with Crippen molar-refractivity contribution in [3.8, 4) is 0 Å². The molecule has 94 valence electrons. The minimum absolute atomic E-state index is 0.159. The molecule has 1 aromatic carbocycles. The molecule has 1 aliphatic carbocycles. The minimum Gasteiger partial charge on any atom is -0.324 e. The van der Waals surface area contributed by atoms with E-state index in [1.165, 1.54) is 44.1 Å². The van der Waals surface area contributed by atoms with E-state index >= 15 is 0 Å². The predicted octanol–water partition coefficient (Wildman–Crippen LogP) is 4.62. The number of hydrogen-bond donors (Lipinski definition) is 1. The Hall–Kier alpha value is -0.530. The zero-order chi connectivity index (χ0) is 12.3. The van der Waals surface area contributed by atoms with Crippen LogP contribution in [0.4, 0.5) is 0 Å². The monoisotopic (exact) mass is 251 g/mol.